The zero-order chi connectivity index (χ0) is 15.8. The van der Waals surface area contributed by atoms with E-state index < -0.39 is 18.1 Å². The number of hydrogen-bond acceptors (Lipinski definition) is 4. The molecule has 0 fully saturated rings. The maximum Gasteiger partial charge on any atom is 0.328 e. The summed E-state index contributed by atoms with van der Waals surface area (Å²) in [6, 6.07) is 8.20. The van der Waals surface area contributed by atoms with Crippen molar-refractivity contribution < 1.29 is 14.3 Å². The molecule has 0 aromatic heterocycles. The first kappa shape index (κ1) is 17.2. The summed E-state index contributed by atoms with van der Waals surface area (Å²) in [5.41, 5.74) is 6.89. The molecule has 3 N–H and O–H groups in total. The number of rotatable bonds is 7. The van der Waals surface area contributed by atoms with Crippen LogP contribution in [0.3, 0.4) is 0 Å². The van der Waals surface area contributed by atoms with Crippen LogP contribution in [-0.2, 0) is 20.7 Å². The van der Waals surface area contributed by atoms with E-state index in [1.54, 1.807) is 0 Å². The number of hydrogen-bond donors (Lipinski definition) is 2. The first-order chi connectivity index (χ1) is 9.93. The highest BCUT2D eigenvalue weighted by Gasteiger charge is 2.25. The van der Waals surface area contributed by atoms with Crippen LogP contribution in [0.2, 0.25) is 0 Å². The summed E-state index contributed by atoms with van der Waals surface area (Å²) in [7, 11) is 1.31. The lowest BCUT2D eigenvalue weighted by molar-refractivity contribution is -0.145. The Morgan fingerprint density at radius 3 is 2.38 bits per heavy atom. The minimum atomic E-state index is -0.688. The molecular weight excluding hydrogens is 268 g/mol. The predicted octanol–water partition coefficient (Wildman–Crippen LogP) is 1.26. The highest BCUT2D eigenvalue weighted by atomic mass is 16.5. The molecule has 2 atom stereocenters. The number of benzene rings is 1. The van der Waals surface area contributed by atoms with E-state index in [2.05, 4.69) is 5.32 Å². The molecule has 0 heterocycles. The number of nitrogens with one attached hydrogen (secondary N) is 1. The Labute approximate surface area is 125 Å². The van der Waals surface area contributed by atoms with Crippen molar-refractivity contribution in [3.63, 3.8) is 0 Å². The standard InChI is InChI=1S/C16H24N2O3/c1-11(2)9-14(16(20)21-3)18-15(19)13(17)10-12-7-5-4-6-8-12/h4-8,11,13-14H,9-10,17H2,1-3H3,(H,18,19)/t13-,14?/m1/s1. The monoisotopic (exact) mass is 292 g/mol. The third-order valence-electron chi connectivity index (χ3n) is 3.14. The van der Waals surface area contributed by atoms with Crippen molar-refractivity contribution in [3.05, 3.63) is 35.9 Å². The Hall–Kier alpha value is -1.88. The van der Waals surface area contributed by atoms with Gasteiger partial charge in [0.15, 0.2) is 0 Å². The van der Waals surface area contributed by atoms with Gasteiger partial charge in [-0.2, -0.15) is 0 Å². The summed E-state index contributed by atoms with van der Waals surface area (Å²) in [5, 5.41) is 2.68. The summed E-state index contributed by atoms with van der Waals surface area (Å²) in [6.45, 7) is 3.96. The van der Waals surface area contributed by atoms with E-state index in [0.29, 0.717) is 12.8 Å². The van der Waals surface area contributed by atoms with E-state index in [1.165, 1.54) is 7.11 Å². The average Bonchev–Trinajstić information content (AvgIpc) is 2.46. The van der Waals surface area contributed by atoms with Gasteiger partial charge in [0.25, 0.3) is 0 Å². The third-order valence-corrected chi connectivity index (χ3v) is 3.14. The molecule has 0 aliphatic carbocycles. The average molecular weight is 292 g/mol. The number of esters is 1. The van der Waals surface area contributed by atoms with Crippen LogP contribution in [-0.4, -0.2) is 31.1 Å². The zero-order valence-corrected chi connectivity index (χ0v) is 12.8. The highest BCUT2D eigenvalue weighted by Crippen LogP contribution is 2.07. The number of ether oxygens (including phenoxy) is 1. The Morgan fingerprint density at radius 2 is 1.86 bits per heavy atom. The van der Waals surface area contributed by atoms with Crippen molar-refractivity contribution in [2.45, 2.75) is 38.8 Å². The lowest BCUT2D eigenvalue weighted by atomic mass is 10.0. The second-order valence-electron chi connectivity index (χ2n) is 5.51. The van der Waals surface area contributed by atoms with Crippen molar-refractivity contribution in [1.82, 2.24) is 5.32 Å². The minimum Gasteiger partial charge on any atom is -0.467 e. The van der Waals surface area contributed by atoms with E-state index in [1.807, 2.05) is 44.2 Å². The van der Waals surface area contributed by atoms with Crippen LogP contribution < -0.4 is 11.1 Å². The molecule has 1 aromatic rings. The Bertz CT molecular complexity index is 460. The maximum absolute atomic E-state index is 12.1. The molecule has 5 nitrogen and oxygen atoms in total. The molecule has 1 unspecified atom stereocenters. The van der Waals surface area contributed by atoms with Gasteiger partial charge in [-0.3, -0.25) is 4.79 Å². The Kier molecular flexibility index (Phi) is 6.88. The number of amides is 1. The van der Waals surface area contributed by atoms with Crippen LogP contribution in [0.15, 0.2) is 30.3 Å². The molecule has 0 spiro atoms. The second kappa shape index (κ2) is 8.42. The molecule has 1 amide bonds. The molecule has 0 bridgehead atoms. The highest BCUT2D eigenvalue weighted by molar-refractivity contribution is 5.87. The topological polar surface area (TPSA) is 81.4 Å². The van der Waals surface area contributed by atoms with Gasteiger partial charge >= 0.3 is 5.97 Å². The molecule has 5 heteroatoms. The molecule has 0 aliphatic rings. The van der Waals surface area contributed by atoms with Gasteiger partial charge in [0.1, 0.15) is 6.04 Å². The smallest absolute Gasteiger partial charge is 0.328 e. The van der Waals surface area contributed by atoms with Crippen LogP contribution in [0.5, 0.6) is 0 Å². The Balaban J connectivity index is 2.61. The molecule has 1 aromatic carbocycles. The fourth-order valence-corrected chi connectivity index (χ4v) is 2.07. The first-order valence-corrected chi connectivity index (χ1v) is 7.11. The van der Waals surface area contributed by atoms with Crippen LogP contribution in [0.4, 0.5) is 0 Å². The molecule has 1 rings (SSSR count). The normalized spacial score (nSPS) is 13.6. The number of carbonyl (C=O) groups is 2. The summed E-state index contributed by atoms with van der Waals surface area (Å²) in [5.74, 6) is -0.515. The lowest BCUT2D eigenvalue weighted by Crippen LogP contribution is -2.49. The third kappa shape index (κ3) is 5.95. The van der Waals surface area contributed by atoms with E-state index in [-0.39, 0.29) is 11.8 Å². The van der Waals surface area contributed by atoms with Crippen LogP contribution >= 0.6 is 0 Å². The summed E-state index contributed by atoms with van der Waals surface area (Å²) in [6.07, 6.45) is 0.957. The number of carbonyl (C=O) groups excluding carboxylic acids is 2. The molecule has 116 valence electrons. The minimum absolute atomic E-state index is 0.264. The molecule has 0 saturated carbocycles. The van der Waals surface area contributed by atoms with Crippen molar-refractivity contribution in [3.8, 4) is 0 Å². The van der Waals surface area contributed by atoms with E-state index >= 15 is 0 Å². The molecular formula is C16H24N2O3. The zero-order valence-electron chi connectivity index (χ0n) is 12.8. The van der Waals surface area contributed by atoms with E-state index in [0.717, 1.165) is 5.56 Å². The van der Waals surface area contributed by atoms with E-state index in [4.69, 9.17) is 10.5 Å². The van der Waals surface area contributed by atoms with Crippen molar-refractivity contribution in [2.75, 3.05) is 7.11 Å². The largest absolute Gasteiger partial charge is 0.467 e. The fraction of sp³-hybridized carbons (Fsp3) is 0.500. The van der Waals surface area contributed by atoms with Gasteiger partial charge in [-0.25, -0.2) is 4.79 Å². The summed E-state index contributed by atoms with van der Waals surface area (Å²) in [4.78, 5) is 23.8. The van der Waals surface area contributed by atoms with Gasteiger partial charge in [-0.05, 0) is 24.3 Å². The number of methoxy groups -OCH3 is 1. The van der Waals surface area contributed by atoms with Gasteiger partial charge in [0.2, 0.25) is 5.91 Å². The molecule has 21 heavy (non-hydrogen) atoms. The van der Waals surface area contributed by atoms with Crippen molar-refractivity contribution in [1.29, 1.82) is 0 Å². The quantitative estimate of drug-likeness (QED) is 0.741. The molecule has 0 aliphatic heterocycles. The lowest BCUT2D eigenvalue weighted by Gasteiger charge is -2.20. The summed E-state index contributed by atoms with van der Waals surface area (Å²) >= 11 is 0. The first-order valence-electron chi connectivity index (χ1n) is 7.11. The van der Waals surface area contributed by atoms with Gasteiger partial charge in [-0.15, -0.1) is 0 Å². The van der Waals surface area contributed by atoms with Gasteiger partial charge in [0, 0.05) is 0 Å². The van der Waals surface area contributed by atoms with E-state index in [9.17, 15) is 9.59 Å². The maximum atomic E-state index is 12.1. The van der Waals surface area contributed by atoms with Crippen LogP contribution in [0, 0.1) is 5.92 Å². The SMILES string of the molecule is COC(=O)C(CC(C)C)NC(=O)[C@H](N)Cc1ccccc1. The van der Waals surface area contributed by atoms with Gasteiger partial charge < -0.3 is 15.8 Å². The second-order valence-corrected chi connectivity index (χ2v) is 5.51. The summed E-state index contributed by atoms with van der Waals surface area (Å²) < 4.78 is 4.72. The Morgan fingerprint density at radius 1 is 1.24 bits per heavy atom. The molecule has 0 radical (unpaired) electrons. The van der Waals surface area contributed by atoms with Crippen LogP contribution in [0.1, 0.15) is 25.8 Å². The number of nitrogens with two attached hydrogens (primary N) is 1. The van der Waals surface area contributed by atoms with Crippen molar-refractivity contribution >= 4 is 11.9 Å². The van der Waals surface area contributed by atoms with Gasteiger partial charge in [0.05, 0.1) is 13.2 Å². The van der Waals surface area contributed by atoms with Crippen LogP contribution in [0.25, 0.3) is 0 Å². The fourth-order valence-electron chi connectivity index (χ4n) is 2.07. The van der Waals surface area contributed by atoms with Crippen molar-refractivity contribution in [2.24, 2.45) is 11.7 Å². The van der Waals surface area contributed by atoms with Gasteiger partial charge in [-0.1, -0.05) is 44.2 Å². The molecule has 0 saturated heterocycles. The predicted molar refractivity (Wildman–Crippen MR) is 81.5 cm³/mol.